The molecule has 0 unspecified atom stereocenters. The highest BCUT2D eigenvalue weighted by Crippen LogP contribution is 2.31. The Morgan fingerprint density at radius 3 is 2.69 bits per heavy atom. The summed E-state index contributed by atoms with van der Waals surface area (Å²) in [6, 6.07) is 8.89. The summed E-state index contributed by atoms with van der Waals surface area (Å²) in [7, 11) is 0. The van der Waals surface area contributed by atoms with E-state index in [4.69, 9.17) is 4.98 Å². The molecule has 0 saturated carbocycles. The third kappa shape index (κ3) is 3.87. The van der Waals surface area contributed by atoms with Crippen molar-refractivity contribution < 1.29 is 4.79 Å². The molecule has 0 aliphatic carbocycles. The van der Waals surface area contributed by atoms with Crippen LogP contribution in [0.5, 0.6) is 0 Å². The van der Waals surface area contributed by atoms with Gasteiger partial charge in [-0.1, -0.05) is 24.3 Å². The summed E-state index contributed by atoms with van der Waals surface area (Å²) in [4.78, 5) is 24.4. The van der Waals surface area contributed by atoms with Gasteiger partial charge in [0.25, 0.3) is 0 Å². The summed E-state index contributed by atoms with van der Waals surface area (Å²) in [5, 5.41) is 5.89. The van der Waals surface area contributed by atoms with E-state index >= 15 is 0 Å². The van der Waals surface area contributed by atoms with Gasteiger partial charge >= 0.3 is 0 Å². The first kappa shape index (κ1) is 19.6. The molecule has 8 heteroatoms. The highest BCUT2D eigenvalue weighted by Gasteiger charge is 2.36. The van der Waals surface area contributed by atoms with Gasteiger partial charge < -0.3 is 15.1 Å². The number of carbonyl (C=O) groups excluding carboxylic acids is 1. The highest BCUT2D eigenvalue weighted by molar-refractivity contribution is 9.10. The lowest BCUT2D eigenvalue weighted by Gasteiger charge is -2.38. The number of rotatable bonds is 3. The second-order valence-corrected chi connectivity index (χ2v) is 9.92. The van der Waals surface area contributed by atoms with Crippen molar-refractivity contribution in [1.82, 2.24) is 20.1 Å². The predicted octanol–water partition coefficient (Wildman–Crippen LogP) is 2.38. The van der Waals surface area contributed by atoms with Crippen molar-refractivity contribution in [2.45, 2.75) is 18.5 Å². The van der Waals surface area contributed by atoms with E-state index in [0.717, 1.165) is 67.6 Å². The molecule has 3 aliphatic heterocycles. The van der Waals surface area contributed by atoms with Crippen LogP contribution in [0.25, 0.3) is 10.8 Å². The third-order valence-electron chi connectivity index (χ3n) is 6.33. The number of aromatic nitrogens is 1. The molecule has 1 aromatic carbocycles. The van der Waals surface area contributed by atoms with Crippen LogP contribution in [0.3, 0.4) is 0 Å². The minimum Gasteiger partial charge on any atom is -0.354 e. The Labute approximate surface area is 184 Å². The number of amides is 1. The Morgan fingerprint density at radius 1 is 1.14 bits per heavy atom. The first-order valence-corrected chi connectivity index (χ1v) is 12.3. The zero-order valence-electron chi connectivity index (χ0n) is 16.4. The van der Waals surface area contributed by atoms with Crippen molar-refractivity contribution >= 4 is 50.2 Å². The fourth-order valence-corrected chi connectivity index (χ4v) is 6.09. The Kier molecular flexibility index (Phi) is 5.69. The molecule has 4 heterocycles. The molecule has 0 bridgehead atoms. The molecule has 3 fully saturated rings. The van der Waals surface area contributed by atoms with Crippen molar-refractivity contribution in [3.05, 3.63) is 34.9 Å². The molecule has 1 amide bonds. The molecule has 154 valence electrons. The zero-order valence-corrected chi connectivity index (χ0v) is 18.8. The van der Waals surface area contributed by atoms with Gasteiger partial charge in [0, 0.05) is 72.5 Å². The maximum absolute atomic E-state index is 12.7. The van der Waals surface area contributed by atoms with Gasteiger partial charge in [-0.05, 0) is 22.4 Å². The first-order chi connectivity index (χ1) is 14.2. The van der Waals surface area contributed by atoms with Gasteiger partial charge in [0.15, 0.2) is 0 Å². The average molecular weight is 476 g/mol. The van der Waals surface area contributed by atoms with Crippen LogP contribution in [-0.4, -0.2) is 83.7 Å². The van der Waals surface area contributed by atoms with E-state index in [9.17, 15) is 4.79 Å². The van der Waals surface area contributed by atoms with Crippen LogP contribution < -0.4 is 10.2 Å². The van der Waals surface area contributed by atoms with Crippen molar-refractivity contribution in [2.75, 3.05) is 55.8 Å². The van der Waals surface area contributed by atoms with Crippen molar-refractivity contribution in [3.63, 3.8) is 0 Å². The summed E-state index contributed by atoms with van der Waals surface area (Å²) in [6.07, 6.45) is 2.84. The summed E-state index contributed by atoms with van der Waals surface area (Å²) < 4.78 is 1.04. The third-order valence-corrected chi connectivity index (χ3v) is 7.92. The highest BCUT2D eigenvalue weighted by atomic mass is 79.9. The van der Waals surface area contributed by atoms with Crippen LogP contribution in [0.2, 0.25) is 0 Å². The molecule has 3 aliphatic rings. The second-order valence-electron chi connectivity index (χ2n) is 7.99. The molecule has 3 saturated heterocycles. The normalized spacial score (nSPS) is 25.8. The van der Waals surface area contributed by atoms with Crippen LogP contribution >= 0.6 is 27.7 Å². The number of hydrogen-bond acceptors (Lipinski definition) is 6. The lowest BCUT2D eigenvalue weighted by atomic mass is 10.1. The fourth-order valence-electron chi connectivity index (χ4n) is 4.69. The van der Waals surface area contributed by atoms with Gasteiger partial charge in [0.2, 0.25) is 5.91 Å². The molecular weight excluding hydrogens is 450 g/mol. The SMILES string of the molecule is O=C([C@@H]1C[C@H](N2CCN(c3ncc(Br)c4ccccc34)CC2)CN1)N1CCSC1. The number of benzene rings is 1. The lowest BCUT2D eigenvalue weighted by molar-refractivity contribution is -0.131. The van der Waals surface area contributed by atoms with Gasteiger partial charge in [-0.15, -0.1) is 11.8 Å². The van der Waals surface area contributed by atoms with Crippen LogP contribution in [0.4, 0.5) is 5.82 Å². The van der Waals surface area contributed by atoms with Crippen molar-refractivity contribution in [3.8, 4) is 0 Å². The molecular formula is C21H26BrN5OS. The van der Waals surface area contributed by atoms with E-state index in [1.54, 1.807) is 0 Å². The van der Waals surface area contributed by atoms with Crippen LogP contribution in [0, 0.1) is 0 Å². The molecule has 1 aromatic heterocycles. The minimum atomic E-state index is -0.00573. The topological polar surface area (TPSA) is 51.7 Å². The number of hydrogen-bond donors (Lipinski definition) is 1. The zero-order chi connectivity index (χ0) is 19.8. The smallest absolute Gasteiger partial charge is 0.240 e. The predicted molar refractivity (Wildman–Crippen MR) is 122 cm³/mol. The Balaban J connectivity index is 1.21. The molecule has 29 heavy (non-hydrogen) atoms. The van der Waals surface area contributed by atoms with E-state index in [1.807, 2.05) is 22.9 Å². The number of nitrogens with one attached hydrogen (secondary N) is 1. The van der Waals surface area contributed by atoms with Crippen LogP contribution in [-0.2, 0) is 4.79 Å². The molecule has 1 N–H and O–H groups in total. The number of anilines is 1. The Morgan fingerprint density at radius 2 is 1.93 bits per heavy atom. The van der Waals surface area contributed by atoms with E-state index in [0.29, 0.717) is 11.9 Å². The van der Waals surface area contributed by atoms with Crippen LogP contribution in [0.15, 0.2) is 34.9 Å². The number of carbonyl (C=O) groups is 1. The molecule has 6 nitrogen and oxygen atoms in total. The van der Waals surface area contributed by atoms with Crippen molar-refractivity contribution in [1.29, 1.82) is 0 Å². The van der Waals surface area contributed by atoms with E-state index in [2.05, 4.69) is 55.3 Å². The first-order valence-electron chi connectivity index (χ1n) is 10.3. The van der Waals surface area contributed by atoms with Gasteiger partial charge in [0.1, 0.15) is 5.82 Å². The average Bonchev–Trinajstić information content (AvgIpc) is 3.47. The summed E-state index contributed by atoms with van der Waals surface area (Å²) in [6.45, 7) is 5.78. The maximum Gasteiger partial charge on any atom is 0.240 e. The molecule has 5 rings (SSSR count). The standard InChI is InChI=1S/C21H26BrN5OS/c22-18-13-24-20(17-4-2-1-3-16(17)18)26-7-5-25(6-8-26)15-11-19(23-12-15)21(28)27-9-10-29-14-27/h1-4,13,15,19,23H,5-12,14H2/t15-,19-/m0/s1. The van der Waals surface area contributed by atoms with Crippen LogP contribution in [0.1, 0.15) is 6.42 Å². The van der Waals surface area contributed by atoms with E-state index in [1.165, 1.54) is 10.8 Å². The van der Waals surface area contributed by atoms with Crippen molar-refractivity contribution in [2.24, 2.45) is 0 Å². The second kappa shape index (κ2) is 8.41. The molecule has 2 atom stereocenters. The molecule has 2 aromatic rings. The quantitative estimate of drug-likeness (QED) is 0.735. The van der Waals surface area contributed by atoms with Gasteiger partial charge in [-0.2, -0.15) is 0 Å². The summed E-state index contributed by atoms with van der Waals surface area (Å²) >= 11 is 5.47. The number of fused-ring (bicyclic) bond motifs is 1. The minimum absolute atomic E-state index is 0.00573. The Bertz CT molecular complexity index is 898. The van der Waals surface area contributed by atoms with Gasteiger partial charge in [-0.3, -0.25) is 9.69 Å². The number of thioether (sulfide) groups is 1. The fraction of sp³-hybridized carbons (Fsp3) is 0.524. The Hall–Kier alpha value is -1.35. The summed E-state index contributed by atoms with van der Waals surface area (Å²) in [5.74, 6) is 3.30. The molecule has 0 radical (unpaired) electrons. The number of pyridine rings is 1. The maximum atomic E-state index is 12.7. The lowest BCUT2D eigenvalue weighted by Crippen LogP contribution is -2.51. The number of halogens is 1. The largest absolute Gasteiger partial charge is 0.354 e. The van der Waals surface area contributed by atoms with E-state index < -0.39 is 0 Å². The van der Waals surface area contributed by atoms with E-state index in [-0.39, 0.29) is 6.04 Å². The number of piperazine rings is 1. The number of nitrogens with zero attached hydrogens (tertiary/aromatic N) is 4. The molecule has 0 spiro atoms. The van der Waals surface area contributed by atoms with Gasteiger partial charge in [0.05, 0.1) is 11.9 Å². The van der Waals surface area contributed by atoms with Gasteiger partial charge in [-0.25, -0.2) is 4.98 Å². The summed E-state index contributed by atoms with van der Waals surface area (Å²) in [5.41, 5.74) is 0. The monoisotopic (exact) mass is 475 g/mol.